The SMILES string of the molecule is CCCCOC(=O)C(C)Oc1ccc(NC(=O)c2ccc(OC(C)C(=O)OCCCC)cc2)cc1.CCOC(=O)C(C)(C)Oc1ccc(NC(=O)c2ccc(OC(C)(C)C(=O)OCC)cc2)cc1.CCOCC(C)Oc1ccc(NC(=O)c2ccc(OC(C)COCC)cc2)cc1. The van der Waals surface area contributed by atoms with Crippen LogP contribution in [0.15, 0.2) is 146 Å². The van der Waals surface area contributed by atoms with Gasteiger partial charge in [-0.05, 0) is 242 Å². The monoisotopic (exact) mass is 1340 g/mol. The van der Waals surface area contributed by atoms with E-state index < -0.39 is 47.3 Å². The number of ether oxygens (including phenoxy) is 12. The third-order valence-electron chi connectivity index (χ3n) is 13.5. The van der Waals surface area contributed by atoms with Gasteiger partial charge in [0.25, 0.3) is 17.7 Å². The zero-order chi connectivity index (χ0) is 71.3. The van der Waals surface area contributed by atoms with E-state index in [4.69, 9.17) is 56.8 Å². The van der Waals surface area contributed by atoms with Crippen LogP contribution in [-0.4, -0.2) is 130 Å². The molecule has 22 nitrogen and oxygen atoms in total. The first-order chi connectivity index (χ1) is 46.3. The van der Waals surface area contributed by atoms with E-state index >= 15 is 0 Å². The number of unbranched alkanes of at least 4 members (excludes halogenated alkanes) is 2. The van der Waals surface area contributed by atoms with Gasteiger partial charge in [0.15, 0.2) is 23.4 Å². The molecule has 4 unspecified atom stereocenters. The minimum absolute atomic E-state index is 0.0348. The van der Waals surface area contributed by atoms with Crippen LogP contribution in [0.2, 0.25) is 0 Å². The van der Waals surface area contributed by atoms with Gasteiger partial charge in [-0.25, -0.2) is 19.2 Å². The van der Waals surface area contributed by atoms with Gasteiger partial charge in [-0.1, -0.05) is 26.7 Å². The Labute approximate surface area is 570 Å². The molecule has 6 rings (SSSR count). The molecule has 0 spiro atoms. The molecule has 97 heavy (non-hydrogen) atoms. The van der Waals surface area contributed by atoms with Crippen molar-refractivity contribution in [1.82, 2.24) is 0 Å². The fraction of sp³-hybridized carbons (Fsp3) is 0.427. The Morgan fingerprint density at radius 2 is 0.619 bits per heavy atom. The van der Waals surface area contributed by atoms with Crippen molar-refractivity contribution in [2.24, 2.45) is 0 Å². The van der Waals surface area contributed by atoms with E-state index in [0.29, 0.717) is 102 Å². The van der Waals surface area contributed by atoms with Gasteiger partial charge >= 0.3 is 23.9 Å². The third kappa shape index (κ3) is 29.5. The van der Waals surface area contributed by atoms with Crippen LogP contribution in [0.3, 0.4) is 0 Å². The number of esters is 4. The maximum Gasteiger partial charge on any atom is 0.349 e. The minimum atomic E-state index is -1.15. The average molecular weight is 1340 g/mol. The van der Waals surface area contributed by atoms with E-state index in [1.807, 2.05) is 65.8 Å². The largest absolute Gasteiger partial charge is 0.488 e. The maximum absolute atomic E-state index is 12.6. The standard InChI is InChI=1S/C27H35NO7.C25H31NO7.C23H31NO5/c1-5-7-17-32-26(30)19(3)34-23-13-9-21(10-14-23)25(29)28-22-11-15-24(16-12-22)35-20(4)27(31)33-18-8-6-2;1-7-30-22(28)24(3,4)32-19-13-9-17(10-14-19)21(27)26-18-11-15-20(16-12-18)33-25(5,6)23(29)31-8-2;1-5-26-15-17(3)28-21-11-7-19(8-12-21)23(25)24-20-9-13-22(14-10-20)29-18(4)16-27-6-2/h9-16,19-20H,5-8,17-18H2,1-4H3,(H,28,29);9-16H,7-8H2,1-6H3,(H,26,27);7-14,17-18H,5-6,15-16H2,1-4H3,(H,24,25). The van der Waals surface area contributed by atoms with Gasteiger partial charge in [-0.3, -0.25) is 14.4 Å². The quantitative estimate of drug-likeness (QED) is 0.0187. The highest BCUT2D eigenvalue weighted by Gasteiger charge is 2.33. The van der Waals surface area contributed by atoms with Gasteiger partial charge in [0.1, 0.15) is 46.7 Å². The molecular weight excluding hydrogens is 1250 g/mol. The third-order valence-corrected chi connectivity index (χ3v) is 13.5. The second-order valence-electron chi connectivity index (χ2n) is 22.9. The molecular formula is C75H97N3O19. The van der Waals surface area contributed by atoms with Gasteiger partial charge in [0.2, 0.25) is 0 Å². The topological polar surface area (TPSA) is 266 Å². The molecule has 0 aliphatic heterocycles. The Hall–Kier alpha value is -9.67. The predicted molar refractivity (Wildman–Crippen MR) is 370 cm³/mol. The molecule has 4 atom stereocenters. The average Bonchev–Trinajstić information content (AvgIpc) is 0.960. The van der Waals surface area contributed by atoms with Gasteiger partial charge in [0, 0.05) is 47.0 Å². The summed E-state index contributed by atoms with van der Waals surface area (Å²) in [6.45, 7) is 28.7. The van der Waals surface area contributed by atoms with Crippen molar-refractivity contribution in [2.45, 2.75) is 158 Å². The zero-order valence-corrected chi connectivity index (χ0v) is 58.4. The fourth-order valence-corrected chi connectivity index (χ4v) is 8.25. The molecule has 6 aromatic carbocycles. The van der Waals surface area contributed by atoms with Crippen LogP contribution >= 0.6 is 0 Å². The summed E-state index contributed by atoms with van der Waals surface area (Å²) in [4.78, 5) is 85.4. The summed E-state index contributed by atoms with van der Waals surface area (Å²) in [5, 5.41) is 8.48. The molecule has 0 fully saturated rings. The number of hydrogen-bond donors (Lipinski definition) is 3. The minimum Gasteiger partial charge on any atom is -0.488 e. The van der Waals surface area contributed by atoms with Crippen molar-refractivity contribution in [3.8, 4) is 34.5 Å². The zero-order valence-electron chi connectivity index (χ0n) is 58.4. The van der Waals surface area contributed by atoms with Crippen molar-refractivity contribution in [3.63, 3.8) is 0 Å². The van der Waals surface area contributed by atoms with E-state index in [2.05, 4.69) is 16.0 Å². The van der Waals surface area contributed by atoms with E-state index in [1.165, 1.54) is 0 Å². The van der Waals surface area contributed by atoms with Crippen LogP contribution in [0.1, 0.15) is 154 Å². The molecule has 0 bridgehead atoms. The Kier molecular flexibility index (Phi) is 34.5. The van der Waals surface area contributed by atoms with Crippen molar-refractivity contribution in [1.29, 1.82) is 0 Å². The molecule has 22 heteroatoms. The maximum atomic E-state index is 12.6. The van der Waals surface area contributed by atoms with Crippen molar-refractivity contribution >= 4 is 58.7 Å². The molecule has 0 aliphatic rings. The molecule has 0 saturated heterocycles. The highest BCUT2D eigenvalue weighted by Crippen LogP contribution is 2.26. The number of benzene rings is 6. The van der Waals surface area contributed by atoms with Crippen LogP contribution in [0, 0.1) is 0 Å². The number of nitrogens with one attached hydrogen (secondary N) is 3. The summed E-state index contributed by atoms with van der Waals surface area (Å²) in [5.74, 6) is 0.750. The van der Waals surface area contributed by atoms with Gasteiger partial charge < -0.3 is 72.8 Å². The van der Waals surface area contributed by atoms with Gasteiger partial charge in [-0.2, -0.15) is 0 Å². The normalized spacial score (nSPS) is 12.1. The van der Waals surface area contributed by atoms with Crippen LogP contribution in [0.5, 0.6) is 34.5 Å². The van der Waals surface area contributed by atoms with Crippen LogP contribution in [0.4, 0.5) is 17.1 Å². The van der Waals surface area contributed by atoms with Crippen LogP contribution in [0.25, 0.3) is 0 Å². The summed E-state index contributed by atoms with van der Waals surface area (Å²) in [6, 6.07) is 40.6. The number of amides is 3. The van der Waals surface area contributed by atoms with Gasteiger partial charge in [-0.15, -0.1) is 0 Å². The van der Waals surface area contributed by atoms with Crippen molar-refractivity contribution < 1.29 is 90.4 Å². The molecule has 0 aromatic heterocycles. The lowest BCUT2D eigenvalue weighted by Crippen LogP contribution is -2.39. The van der Waals surface area contributed by atoms with E-state index in [1.54, 1.807) is 177 Å². The summed E-state index contributed by atoms with van der Waals surface area (Å²) < 4.78 is 65.1. The Balaban J connectivity index is 0.000000311. The summed E-state index contributed by atoms with van der Waals surface area (Å²) in [6.07, 6.45) is 1.96. The Bertz CT molecular complexity index is 3340. The van der Waals surface area contributed by atoms with Crippen molar-refractivity contribution in [3.05, 3.63) is 162 Å². The lowest BCUT2D eigenvalue weighted by atomic mass is 10.1. The molecule has 0 saturated carbocycles. The Morgan fingerprint density at radius 1 is 0.351 bits per heavy atom. The molecule has 3 amide bonds. The van der Waals surface area contributed by atoms with E-state index in [9.17, 15) is 33.6 Å². The van der Waals surface area contributed by atoms with E-state index in [0.717, 1.165) is 31.4 Å². The number of rotatable bonds is 36. The number of anilines is 3. The number of carbonyl (C=O) groups excluding carboxylic acids is 7. The number of carbonyl (C=O) groups is 7. The fourth-order valence-electron chi connectivity index (χ4n) is 8.25. The first-order valence-corrected chi connectivity index (χ1v) is 32.8. The second-order valence-corrected chi connectivity index (χ2v) is 22.9. The highest BCUT2D eigenvalue weighted by molar-refractivity contribution is 6.05. The van der Waals surface area contributed by atoms with Crippen molar-refractivity contribution in [2.75, 3.05) is 68.8 Å². The molecule has 6 aromatic rings. The molecule has 0 radical (unpaired) electrons. The molecule has 526 valence electrons. The summed E-state index contributed by atoms with van der Waals surface area (Å²) in [7, 11) is 0. The lowest BCUT2D eigenvalue weighted by Gasteiger charge is -2.24. The Morgan fingerprint density at radius 3 is 0.897 bits per heavy atom. The highest BCUT2D eigenvalue weighted by atomic mass is 16.6. The number of hydrogen-bond acceptors (Lipinski definition) is 19. The summed E-state index contributed by atoms with van der Waals surface area (Å²) in [5.41, 5.74) is 0.956. The van der Waals surface area contributed by atoms with Crippen LogP contribution in [-0.2, 0) is 47.6 Å². The molecule has 0 aliphatic carbocycles. The lowest BCUT2D eigenvalue weighted by molar-refractivity contribution is -0.159. The molecule has 0 heterocycles. The first kappa shape index (κ1) is 79.8. The van der Waals surface area contributed by atoms with Gasteiger partial charge in [0.05, 0.1) is 39.6 Å². The smallest absolute Gasteiger partial charge is 0.349 e. The summed E-state index contributed by atoms with van der Waals surface area (Å²) >= 11 is 0. The predicted octanol–water partition coefficient (Wildman–Crippen LogP) is 14.1. The molecule has 3 N–H and O–H groups in total. The van der Waals surface area contributed by atoms with Crippen LogP contribution < -0.4 is 44.4 Å². The first-order valence-electron chi connectivity index (χ1n) is 32.8. The van der Waals surface area contributed by atoms with E-state index in [-0.39, 0.29) is 43.1 Å². The second kappa shape index (κ2) is 42.0.